The first-order valence-electron chi connectivity index (χ1n) is 11.8. The Kier molecular flexibility index (Phi) is 29.1. The largest absolute Gasteiger partial charge is 0.379 e. The van der Waals surface area contributed by atoms with Crippen LogP contribution < -0.4 is 10.6 Å². The van der Waals surface area contributed by atoms with Crippen molar-refractivity contribution in [2.24, 2.45) is 10.8 Å². The van der Waals surface area contributed by atoms with Gasteiger partial charge in [-0.2, -0.15) is 0 Å². The van der Waals surface area contributed by atoms with Crippen LogP contribution in [0.25, 0.3) is 0 Å². The lowest BCUT2D eigenvalue weighted by molar-refractivity contribution is -0.119. The predicted octanol–water partition coefficient (Wildman–Crippen LogP) is -0.438. The molecular formula is C21H43N4O10+. The van der Waals surface area contributed by atoms with Crippen LogP contribution in [0.15, 0.2) is 5.11 Å². The zero-order valence-corrected chi connectivity index (χ0v) is 20.7. The number of nitrogens with two attached hydrogens (primary N) is 1. The molecule has 206 valence electrons. The quantitative estimate of drug-likeness (QED) is 0.0730. The molecule has 0 bridgehead atoms. The lowest BCUT2D eigenvalue weighted by Crippen LogP contribution is -2.16. The lowest BCUT2D eigenvalue weighted by Gasteiger charge is -2.08. The third-order valence-electron chi connectivity index (χ3n) is 3.88. The summed E-state index contributed by atoms with van der Waals surface area (Å²) in [6.45, 7) is 8.87. The lowest BCUT2D eigenvalue weighted by atomic mass is 10.4. The van der Waals surface area contributed by atoms with Crippen molar-refractivity contribution in [1.82, 2.24) is 4.91 Å². The van der Waals surface area contributed by atoms with Gasteiger partial charge >= 0.3 is 0 Å². The Morgan fingerprint density at radius 3 is 1.03 bits per heavy atom. The van der Waals surface area contributed by atoms with Crippen molar-refractivity contribution in [3.63, 3.8) is 0 Å². The van der Waals surface area contributed by atoms with Crippen LogP contribution in [-0.2, 0) is 47.4 Å². The number of carbonyl (C=O) groups excluding carboxylic acids is 1. The van der Waals surface area contributed by atoms with Gasteiger partial charge in [0.2, 0.25) is 10.8 Å². The Balaban J connectivity index is 3.03. The van der Waals surface area contributed by atoms with Crippen LogP contribution in [-0.4, -0.2) is 131 Å². The number of nitrogens with zero attached hydrogens (tertiary/aromatic N) is 2. The summed E-state index contributed by atoms with van der Waals surface area (Å²) < 4.78 is 48.1. The van der Waals surface area contributed by atoms with Crippen LogP contribution in [0, 0.1) is 5.53 Å². The molecule has 14 nitrogen and oxygen atoms in total. The van der Waals surface area contributed by atoms with E-state index in [1.165, 1.54) is 0 Å². The van der Waals surface area contributed by atoms with Crippen molar-refractivity contribution in [2.45, 2.75) is 6.42 Å². The minimum Gasteiger partial charge on any atom is -0.379 e. The Morgan fingerprint density at radius 1 is 0.514 bits per heavy atom. The van der Waals surface area contributed by atoms with Gasteiger partial charge in [-0.05, 0) is 0 Å². The summed E-state index contributed by atoms with van der Waals surface area (Å²) in [7, 11) is 0. The molecule has 35 heavy (non-hydrogen) atoms. The van der Waals surface area contributed by atoms with Crippen LogP contribution in [0.3, 0.4) is 0 Å². The Labute approximate surface area is 207 Å². The third kappa shape index (κ3) is 32.4. The molecule has 1 amide bonds. The van der Waals surface area contributed by atoms with Gasteiger partial charge in [-0.3, -0.25) is 4.79 Å². The molecule has 0 aromatic heterocycles. The SMILES string of the molecule is N=[N+]=NCCOCCOCCOCCOCCOCCOCCOCCOCCOCCC(N)=O. The molecule has 0 fully saturated rings. The van der Waals surface area contributed by atoms with E-state index in [-0.39, 0.29) is 12.3 Å². The molecule has 0 rings (SSSR count). The maximum absolute atomic E-state index is 10.5. The van der Waals surface area contributed by atoms with E-state index >= 15 is 0 Å². The van der Waals surface area contributed by atoms with Crippen LogP contribution in [0.5, 0.6) is 0 Å². The minimum atomic E-state index is -0.375. The van der Waals surface area contributed by atoms with E-state index in [1.54, 1.807) is 0 Å². The monoisotopic (exact) mass is 511 g/mol. The zero-order chi connectivity index (χ0) is 25.5. The second kappa shape index (κ2) is 30.5. The highest BCUT2D eigenvalue weighted by Gasteiger charge is 1.96. The normalized spacial score (nSPS) is 11.0. The van der Waals surface area contributed by atoms with Gasteiger partial charge in [0.05, 0.1) is 119 Å². The van der Waals surface area contributed by atoms with E-state index in [1.807, 2.05) is 0 Å². The second-order valence-electron chi connectivity index (χ2n) is 6.69. The Morgan fingerprint density at radius 2 is 0.771 bits per heavy atom. The number of nitrogens with one attached hydrogen (secondary N) is 1. The van der Waals surface area contributed by atoms with Crippen LogP contribution >= 0.6 is 0 Å². The highest BCUT2D eigenvalue weighted by Crippen LogP contribution is 1.87. The Bertz CT molecular complexity index is 471. The molecule has 0 aliphatic carbocycles. The molecule has 0 radical (unpaired) electrons. The van der Waals surface area contributed by atoms with Crippen molar-refractivity contribution < 1.29 is 47.4 Å². The second-order valence-corrected chi connectivity index (χ2v) is 6.69. The molecule has 0 aromatic rings. The van der Waals surface area contributed by atoms with Crippen LogP contribution in [0.2, 0.25) is 0 Å². The number of carbonyl (C=O) groups is 1. The van der Waals surface area contributed by atoms with Gasteiger partial charge in [0.25, 0.3) is 0 Å². The Hall–Kier alpha value is -1.58. The summed E-state index contributed by atoms with van der Waals surface area (Å²) in [5, 5.41) is 3.47. The predicted molar refractivity (Wildman–Crippen MR) is 123 cm³/mol. The maximum Gasteiger partial charge on any atom is 0.219 e. The molecular weight excluding hydrogens is 468 g/mol. The zero-order valence-electron chi connectivity index (χ0n) is 20.7. The van der Waals surface area contributed by atoms with E-state index in [4.69, 9.17) is 53.9 Å². The third-order valence-corrected chi connectivity index (χ3v) is 3.88. The number of hydrogen-bond acceptors (Lipinski definition) is 12. The molecule has 0 saturated heterocycles. The van der Waals surface area contributed by atoms with Crippen LogP contribution in [0.4, 0.5) is 0 Å². The average Bonchev–Trinajstić information content (AvgIpc) is 2.85. The van der Waals surface area contributed by atoms with Gasteiger partial charge in [0, 0.05) is 6.42 Å². The molecule has 0 unspecified atom stereocenters. The van der Waals surface area contributed by atoms with E-state index < -0.39 is 0 Å². The smallest absolute Gasteiger partial charge is 0.219 e. The van der Waals surface area contributed by atoms with E-state index in [0.717, 1.165) is 0 Å². The number of rotatable bonds is 30. The fourth-order valence-corrected chi connectivity index (χ4v) is 2.19. The summed E-state index contributed by atoms with van der Waals surface area (Å²) in [5.74, 6) is -0.375. The molecule has 0 aliphatic heterocycles. The first kappa shape index (κ1) is 33.4. The van der Waals surface area contributed by atoms with Crippen molar-refractivity contribution in [1.29, 1.82) is 5.53 Å². The van der Waals surface area contributed by atoms with Gasteiger partial charge in [0.15, 0.2) is 0 Å². The molecule has 3 N–H and O–H groups in total. The number of amides is 1. The standard InChI is InChI=1S/C21H42N4O10/c22-21(26)1-3-27-5-7-29-9-11-31-13-15-33-17-19-35-20-18-34-16-14-32-12-10-30-8-6-28-4-2-24-25-23/h23H,1-20H2,(H-,22,26)/p+1. The highest BCUT2D eigenvalue weighted by molar-refractivity contribution is 5.73. The first-order chi connectivity index (χ1) is 17.3. The summed E-state index contributed by atoms with van der Waals surface area (Å²) in [5.41, 5.74) is 11.5. The molecule has 0 saturated carbocycles. The fourth-order valence-electron chi connectivity index (χ4n) is 2.19. The number of hydrogen-bond donors (Lipinski definition) is 2. The summed E-state index contributed by atoms with van der Waals surface area (Å²) in [6.07, 6.45) is 0.221. The summed E-state index contributed by atoms with van der Waals surface area (Å²) >= 11 is 0. The maximum atomic E-state index is 10.5. The van der Waals surface area contributed by atoms with E-state index in [2.05, 4.69) is 10.0 Å². The fraction of sp³-hybridized carbons (Fsp3) is 0.952. The summed E-state index contributed by atoms with van der Waals surface area (Å²) in [6, 6.07) is 0. The minimum absolute atomic E-state index is 0.221. The van der Waals surface area contributed by atoms with Crippen molar-refractivity contribution in [2.75, 3.05) is 125 Å². The molecule has 14 heteroatoms. The first-order valence-corrected chi connectivity index (χ1v) is 11.8. The van der Waals surface area contributed by atoms with Gasteiger partial charge in [-0.1, -0.05) is 0 Å². The van der Waals surface area contributed by atoms with E-state index in [9.17, 15) is 4.79 Å². The molecule has 0 aromatic carbocycles. The average molecular weight is 512 g/mol. The topological polar surface area (TPSA) is 176 Å². The highest BCUT2D eigenvalue weighted by atomic mass is 16.6. The summed E-state index contributed by atoms with van der Waals surface area (Å²) in [4.78, 5) is 13.4. The molecule has 0 heterocycles. The van der Waals surface area contributed by atoms with Gasteiger partial charge in [-0.25, -0.2) is 0 Å². The van der Waals surface area contributed by atoms with Crippen LogP contribution in [0.1, 0.15) is 6.42 Å². The number of primary amides is 1. The number of ether oxygens (including phenoxy) is 9. The van der Waals surface area contributed by atoms with Crippen molar-refractivity contribution in [3.8, 4) is 0 Å². The molecule has 0 atom stereocenters. The van der Waals surface area contributed by atoms with Gasteiger partial charge < -0.3 is 48.4 Å². The van der Waals surface area contributed by atoms with E-state index in [0.29, 0.717) is 125 Å². The van der Waals surface area contributed by atoms with Crippen molar-refractivity contribution >= 4 is 5.91 Å². The van der Waals surface area contributed by atoms with Gasteiger partial charge in [0.1, 0.15) is 17.2 Å². The molecule has 0 aliphatic rings. The van der Waals surface area contributed by atoms with Crippen molar-refractivity contribution in [3.05, 3.63) is 0 Å². The molecule has 0 spiro atoms. The van der Waals surface area contributed by atoms with Gasteiger partial charge in [-0.15, -0.1) is 0 Å².